The molecule has 0 aliphatic rings. The maximum Gasteiger partial charge on any atom is 0.0802 e. The van der Waals surface area contributed by atoms with Crippen molar-refractivity contribution >= 4 is 43.2 Å². The molecule has 2 heterocycles. The third-order valence-corrected chi connectivity index (χ3v) is 3.67. The molecule has 1 nitrogen and oxygen atoms in total. The van der Waals surface area contributed by atoms with Crippen molar-refractivity contribution in [2.75, 3.05) is 0 Å². The van der Waals surface area contributed by atoms with Crippen molar-refractivity contribution in [3.8, 4) is 10.6 Å². The smallest absolute Gasteiger partial charge is 0.0802 e. The minimum Gasteiger partial charge on any atom is -0.254 e. The molecule has 0 aliphatic carbocycles. The molecule has 0 saturated heterocycles. The average molecular weight is 319 g/mol. The molecule has 66 valence electrons. The Morgan fingerprint density at radius 2 is 1.92 bits per heavy atom. The molecule has 2 rings (SSSR count). The summed E-state index contributed by atoms with van der Waals surface area (Å²) in [5.41, 5.74) is 1.01. The van der Waals surface area contributed by atoms with Crippen LogP contribution in [0.2, 0.25) is 0 Å². The van der Waals surface area contributed by atoms with Crippen LogP contribution in [0.5, 0.6) is 0 Å². The first-order valence-corrected chi connectivity index (χ1v) is 6.03. The number of aromatic nitrogens is 1. The predicted molar refractivity (Wildman–Crippen MR) is 63.0 cm³/mol. The van der Waals surface area contributed by atoms with E-state index >= 15 is 0 Å². The Kier molecular flexibility index (Phi) is 2.81. The summed E-state index contributed by atoms with van der Waals surface area (Å²) < 4.78 is 2.14. The molecule has 0 amide bonds. The summed E-state index contributed by atoms with van der Waals surface area (Å²) in [5.74, 6) is 0. The largest absolute Gasteiger partial charge is 0.254 e. The second-order valence-corrected chi connectivity index (χ2v) is 5.84. The summed E-state index contributed by atoms with van der Waals surface area (Å²) >= 11 is 8.47. The lowest BCUT2D eigenvalue weighted by atomic mass is 10.3. The van der Waals surface area contributed by atoms with Gasteiger partial charge in [-0.1, -0.05) is 0 Å². The molecule has 0 aromatic carbocycles. The van der Waals surface area contributed by atoms with E-state index in [1.165, 1.54) is 4.88 Å². The molecular formula is C9H5Br2NS. The van der Waals surface area contributed by atoms with Crippen molar-refractivity contribution in [2.24, 2.45) is 0 Å². The zero-order valence-electron chi connectivity index (χ0n) is 6.50. The third kappa shape index (κ3) is 2.18. The molecule has 4 heteroatoms. The number of thiophene rings is 1. The summed E-state index contributed by atoms with van der Waals surface area (Å²) in [6.45, 7) is 0. The normalized spacial score (nSPS) is 10.3. The topological polar surface area (TPSA) is 12.9 Å². The highest BCUT2D eigenvalue weighted by Gasteiger charge is 2.01. The van der Waals surface area contributed by atoms with Crippen molar-refractivity contribution < 1.29 is 0 Å². The van der Waals surface area contributed by atoms with Crippen LogP contribution in [-0.4, -0.2) is 4.98 Å². The van der Waals surface area contributed by atoms with Gasteiger partial charge >= 0.3 is 0 Å². The molecule has 0 unspecified atom stereocenters. The fourth-order valence-electron chi connectivity index (χ4n) is 0.974. The van der Waals surface area contributed by atoms with Crippen LogP contribution in [0.15, 0.2) is 38.7 Å². The van der Waals surface area contributed by atoms with E-state index in [1.54, 1.807) is 11.3 Å². The van der Waals surface area contributed by atoms with E-state index in [0.717, 1.165) is 14.0 Å². The number of rotatable bonds is 1. The molecule has 0 N–H and O–H groups in total. The van der Waals surface area contributed by atoms with Gasteiger partial charge < -0.3 is 0 Å². The minimum absolute atomic E-state index is 1.01. The van der Waals surface area contributed by atoms with Gasteiger partial charge in [0.25, 0.3) is 0 Å². The second-order valence-electron chi connectivity index (χ2n) is 2.47. The van der Waals surface area contributed by atoms with Gasteiger partial charge in [0, 0.05) is 10.7 Å². The van der Waals surface area contributed by atoms with Crippen LogP contribution in [-0.2, 0) is 0 Å². The van der Waals surface area contributed by atoms with Gasteiger partial charge in [0.05, 0.1) is 14.4 Å². The van der Waals surface area contributed by atoms with E-state index in [4.69, 9.17) is 0 Å². The summed E-state index contributed by atoms with van der Waals surface area (Å²) in [7, 11) is 0. The minimum atomic E-state index is 1.01. The molecule has 0 spiro atoms. The van der Waals surface area contributed by atoms with E-state index in [0.29, 0.717) is 0 Å². The Labute approximate surface area is 97.1 Å². The van der Waals surface area contributed by atoms with Gasteiger partial charge in [-0.15, -0.1) is 11.3 Å². The molecule has 0 fully saturated rings. The van der Waals surface area contributed by atoms with Crippen LogP contribution in [0.4, 0.5) is 0 Å². The molecule has 0 saturated carbocycles. The van der Waals surface area contributed by atoms with Crippen LogP contribution in [0, 0.1) is 0 Å². The molecular weight excluding hydrogens is 314 g/mol. The third-order valence-electron chi connectivity index (χ3n) is 1.55. The van der Waals surface area contributed by atoms with E-state index in [2.05, 4.69) is 42.9 Å². The average Bonchev–Trinajstić information content (AvgIpc) is 2.53. The number of pyridine rings is 1. The lowest BCUT2D eigenvalue weighted by Crippen LogP contribution is -1.77. The maximum absolute atomic E-state index is 4.30. The zero-order valence-corrected chi connectivity index (χ0v) is 10.5. The Hall–Kier alpha value is -0.190. The first-order chi connectivity index (χ1) is 6.25. The van der Waals surface area contributed by atoms with Crippen molar-refractivity contribution in [2.45, 2.75) is 0 Å². The Balaban J connectivity index is 2.41. The zero-order chi connectivity index (χ0) is 9.26. The van der Waals surface area contributed by atoms with Gasteiger partial charge in [0.15, 0.2) is 0 Å². The quantitative estimate of drug-likeness (QED) is 0.762. The van der Waals surface area contributed by atoms with Gasteiger partial charge in [-0.25, -0.2) is 0 Å². The van der Waals surface area contributed by atoms with Crippen molar-refractivity contribution in [3.63, 3.8) is 0 Å². The molecule has 0 radical (unpaired) electrons. The van der Waals surface area contributed by atoms with Gasteiger partial charge in [-0.3, -0.25) is 4.98 Å². The van der Waals surface area contributed by atoms with E-state index in [-0.39, 0.29) is 0 Å². The maximum atomic E-state index is 4.30. The predicted octanol–water partition coefficient (Wildman–Crippen LogP) is 4.34. The van der Waals surface area contributed by atoms with Gasteiger partial charge in [-0.2, -0.15) is 0 Å². The molecule has 2 aromatic rings. The SMILES string of the molecule is Brc1ccc(-c2ccc(Br)s2)nc1. The Bertz CT molecular complexity index is 408. The molecule has 0 aliphatic heterocycles. The highest BCUT2D eigenvalue weighted by atomic mass is 79.9. The van der Waals surface area contributed by atoms with Crippen LogP contribution >= 0.6 is 43.2 Å². The highest BCUT2D eigenvalue weighted by molar-refractivity contribution is 9.11. The summed E-state index contributed by atoms with van der Waals surface area (Å²) in [4.78, 5) is 5.48. The van der Waals surface area contributed by atoms with E-state index in [9.17, 15) is 0 Å². The van der Waals surface area contributed by atoms with E-state index in [1.807, 2.05) is 24.4 Å². The van der Waals surface area contributed by atoms with Crippen molar-refractivity contribution in [1.82, 2.24) is 4.98 Å². The number of hydrogen-bond acceptors (Lipinski definition) is 2. The van der Waals surface area contributed by atoms with Crippen LogP contribution in [0.25, 0.3) is 10.6 Å². The van der Waals surface area contributed by atoms with Gasteiger partial charge in [-0.05, 0) is 56.1 Å². The first-order valence-electron chi connectivity index (χ1n) is 3.63. The van der Waals surface area contributed by atoms with Crippen LogP contribution in [0.1, 0.15) is 0 Å². The fourth-order valence-corrected chi connectivity index (χ4v) is 2.57. The lowest BCUT2D eigenvalue weighted by molar-refractivity contribution is 1.32. The summed E-state index contributed by atoms with van der Waals surface area (Å²) in [6, 6.07) is 8.09. The first kappa shape index (κ1) is 9.37. The monoisotopic (exact) mass is 317 g/mol. The number of halogens is 2. The molecule has 2 aromatic heterocycles. The highest BCUT2D eigenvalue weighted by Crippen LogP contribution is 2.30. The lowest BCUT2D eigenvalue weighted by Gasteiger charge is -1.94. The van der Waals surface area contributed by atoms with Crippen LogP contribution < -0.4 is 0 Å². The molecule has 0 atom stereocenters. The Morgan fingerprint density at radius 3 is 2.46 bits per heavy atom. The summed E-state index contributed by atoms with van der Waals surface area (Å²) in [5, 5.41) is 0. The second kappa shape index (κ2) is 3.90. The molecule has 13 heavy (non-hydrogen) atoms. The number of nitrogens with zero attached hydrogens (tertiary/aromatic N) is 1. The van der Waals surface area contributed by atoms with Crippen LogP contribution in [0.3, 0.4) is 0 Å². The fraction of sp³-hybridized carbons (Fsp3) is 0. The van der Waals surface area contributed by atoms with Gasteiger partial charge in [0.2, 0.25) is 0 Å². The number of hydrogen-bond donors (Lipinski definition) is 0. The van der Waals surface area contributed by atoms with Crippen molar-refractivity contribution in [3.05, 3.63) is 38.7 Å². The van der Waals surface area contributed by atoms with E-state index < -0.39 is 0 Å². The Morgan fingerprint density at radius 1 is 1.08 bits per heavy atom. The summed E-state index contributed by atoms with van der Waals surface area (Å²) in [6.07, 6.45) is 1.81. The van der Waals surface area contributed by atoms with Gasteiger partial charge in [0.1, 0.15) is 0 Å². The standard InChI is InChI=1S/C9H5Br2NS/c10-6-1-2-7(12-5-6)8-3-4-9(11)13-8/h1-5H. The van der Waals surface area contributed by atoms with Crippen molar-refractivity contribution in [1.29, 1.82) is 0 Å². The molecule has 0 bridgehead atoms.